The van der Waals surface area contributed by atoms with E-state index in [2.05, 4.69) is 20.4 Å². The second-order valence-electron chi connectivity index (χ2n) is 5.95. The van der Waals surface area contributed by atoms with Crippen molar-refractivity contribution in [1.29, 1.82) is 0 Å². The van der Waals surface area contributed by atoms with E-state index in [4.69, 9.17) is 0 Å². The van der Waals surface area contributed by atoms with Crippen LogP contribution in [0.3, 0.4) is 0 Å². The van der Waals surface area contributed by atoms with Gasteiger partial charge < -0.3 is 5.32 Å². The first-order chi connectivity index (χ1) is 11.7. The molecule has 1 aliphatic carbocycles. The Hall–Kier alpha value is -2.54. The van der Waals surface area contributed by atoms with E-state index in [1.807, 2.05) is 30.5 Å². The van der Waals surface area contributed by atoms with Crippen LogP contribution >= 0.6 is 11.3 Å². The Morgan fingerprint density at radius 1 is 1.33 bits per heavy atom. The van der Waals surface area contributed by atoms with Gasteiger partial charge in [-0.15, -0.1) is 11.3 Å². The molecule has 1 N–H and O–H groups in total. The van der Waals surface area contributed by atoms with E-state index in [-0.39, 0.29) is 11.9 Å². The third-order valence-corrected chi connectivity index (χ3v) is 5.03. The molecule has 122 valence electrons. The highest BCUT2D eigenvalue weighted by atomic mass is 32.1. The maximum atomic E-state index is 12.7. The average molecular weight is 339 g/mol. The molecule has 4 rings (SSSR count). The molecular weight excluding hydrogens is 322 g/mol. The standard InChI is InChI=1S/C17H17N5OS/c1-11-10-24-17(19-11)15(12-6-7-12)21-16(23)13-4-2-5-14(20-13)22-9-3-8-18-22/h2-5,8-10,12,15H,6-7H2,1H3,(H,21,23). The highest BCUT2D eigenvalue weighted by Gasteiger charge is 2.35. The highest BCUT2D eigenvalue weighted by molar-refractivity contribution is 7.09. The van der Waals surface area contributed by atoms with E-state index in [0.717, 1.165) is 23.5 Å². The first-order valence-electron chi connectivity index (χ1n) is 7.90. The van der Waals surface area contributed by atoms with Gasteiger partial charge in [-0.05, 0) is 43.9 Å². The fourth-order valence-electron chi connectivity index (χ4n) is 2.62. The number of aryl methyl sites for hydroxylation is 1. The fraction of sp³-hybridized carbons (Fsp3) is 0.294. The summed E-state index contributed by atoms with van der Waals surface area (Å²) < 4.78 is 1.64. The lowest BCUT2D eigenvalue weighted by molar-refractivity contribution is 0.0926. The number of amides is 1. The lowest BCUT2D eigenvalue weighted by Crippen LogP contribution is -2.30. The zero-order chi connectivity index (χ0) is 16.5. The molecule has 1 atom stereocenters. The molecule has 24 heavy (non-hydrogen) atoms. The number of aromatic nitrogens is 4. The third kappa shape index (κ3) is 3.07. The van der Waals surface area contributed by atoms with Crippen LogP contribution in [0, 0.1) is 12.8 Å². The Bertz CT molecular complexity index is 854. The van der Waals surface area contributed by atoms with Gasteiger partial charge >= 0.3 is 0 Å². The van der Waals surface area contributed by atoms with Crippen molar-refractivity contribution in [1.82, 2.24) is 25.1 Å². The summed E-state index contributed by atoms with van der Waals surface area (Å²) in [5.74, 6) is 0.934. The second-order valence-corrected chi connectivity index (χ2v) is 6.84. The Kier molecular flexibility index (Phi) is 3.86. The number of thiazole rings is 1. The smallest absolute Gasteiger partial charge is 0.270 e. The van der Waals surface area contributed by atoms with Gasteiger partial charge in [0.15, 0.2) is 5.82 Å². The zero-order valence-electron chi connectivity index (χ0n) is 13.2. The van der Waals surface area contributed by atoms with Gasteiger partial charge in [0.1, 0.15) is 10.7 Å². The summed E-state index contributed by atoms with van der Waals surface area (Å²) in [7, 11) is 0. The number of nitrogens with one attached hydrogen (secondary N) is 1. The van der Waals surface area contributed by atoms with Crippen LogP contribution in [0.4, 0.5) is 0 Å². The summed E-state index contributed by atoms with van der Waals surface area (Å²) in [6, 6.07) is 7.17. The van der Waals surface area contributed by atoms with E-state index in [1.54, 1.807) is 34.5 Å². The van der Waals surface area contributed by atoms with Crippen LogP contribution in [0.15, 0.2) is 42.0 Å². The minimum Gasteiger partial charge on any atom is -0.341 e. The van der Waals surface area contributed by atoms with E-state index >= 15 is 0 Å². The van der Waals surface area contributed by atoms with Gasteiger partial charge in [-0.3, -0.25) is 4.79 Å². The molecule has 6 nitrogen and oxygen atoms in total. The van der Waals surface area contributed by atoms with E-state index in [9.17, 15) is 4.79 Å². The molecule has 0 aliphatic heterocycles. The topological polar surface area (TPSA) is 72.7 Å². The van der Waals surface area contributed by atoms with Crippen LogP contribution in [0.1, 0.15) is 40.1 Å². The van der Waals surface area contributed by atoms with Crippen molar-refractivity contribution in [2.45, 2.75) is 25.8 Å². The van der Waals surface area contributed by atoms with Crippen LogP contribution < -0.4 is 5.32 Å². The summed E-state index contributed by atoms with van der Waals surface area (Å²) in [6.45, 7) is 1.97. The van der Waals surface area contributed by atoms with Gasteiger partial charge in [0.2, 0.25) is 0 Å². The second kappa shape index (κ2) is 6.16. The summed E-state index contributed by atoms with van der Waals surface area (Å²) in [6.07, 6.45) is 5.74. The fourth-order valence-corrected chi connectivity index (χ4v) is 3.56. The maximum absolute atomic E-state index is 12.7. The first-order valence-corrected chi connectivity index (χ1v) is 8.78. The van der Waals surface area contributed by atoms with Gasteiger partial charge in [-0.1, -0.05) is 6.07 Å². The van der Waals surface area contributed by atoms with Gasteiger partial charge in [0, 0.05) is 23.5 Å². The molecule has 0 radical (unpaired) electrons. The van der Waals surface area contributed by atoms with Crippen LogP contribution in [-0.2, 0) is 0 Å². The number of nitrogens with zero attached hydrogens (tertiary/aromatic N) is 4. The van der Waals surface area contributed by atoms with Crippen molar-refractivity contribution in [2.24, 2.45) is 5.92 Å². The Balaban J connectivity index is 1.56. The molecule has 0 spiro atoms. The van der Waals surface area contributed by atoms with Crippen LogP contribution in [-0.4, -0.2) is 25.7 Å². The zero-order valence-corrected chi connectivity index (χ0v) is 14.0. The van der Waals surface area contributed by atoms with Crippen LogP contribution in [0.25, 0.3) is 5.82 Å². The molecule has 0 saturated heterocycles. The Labute approximate surface area is 143 Å². The summed E-state index contributed by atoms with van der Waals surface area (Å²) >= 11 is 1.60. The molecule has 1 amide bonds. The summed E-state index contributed by atoms with van der Waals surface area (Å²) in [5.41, 5.74) is 1.38. The molecule has 1 saturated carbocycles. The molecule has 3 aromatic heterocycles. The SMILES string of the molecule is Cc1csc(C(NC(=O)c2cccc(-n3cccn3)n2)C2CC2)n1. The number of hydrogen-bond acceptors (Lipinski definition) is 5. The molecule has 1 aliphatic rings. The monoisotopic (exact) mass is 339 g/mol. The van der Waals surface area contributed by atoms with Crippen molar-refractivity contribution >= 4 is 17.2 Å². The third-order valence-electron chi connectivity index (χ3n) is 3.99. The average Bonchev–Trinajstić information content (AvgIpc) is 3.10. The molecule has 0 aromatic carbocycles. The highest BCUT2D eigenvalue weighted by Crippen LogP contribution is 2.41. The predicted molar refractivity (Wildman–Crippen MR) is 91.1 cm³/mol. The number of carbonyl (C=O) groups is 1. The van der Waals surface area contributed by atoms with E-state index in [1.165, 1.54) is 0 Å². The molecule has 7 heteroatoms. The van der Waals surface area contributed by atoms with Crippen molar-refractivity contribution in [3.05, 3.63) is 58.4 Å². The Morgan fingerprint density at radius 3 is 2.88 bits per heavy atom. The minimum absolute atomic E-state index is 0.0219. The lowest BCUT2D eigenvalue weighted by atomic mass is 10.2. The molecule has 1 unspecified atom stereocenters. The number of carbonyl (C=O) groups excluding carboxylic acids is 1. The Morgan fingerprint density at radius 2 is 2.21 bits per heavy atom. The van der Waals surface area contributed by atoms with E-state index in [0.29, 0.717) is 17.4 Å². The van der Waals surface area contributed by atoms with E-state index < -0.39 is 0 Å². The molecule has 3 aromatic rings. The maximum Gasteiger partial charge on any atom is 0.270 e. The van der Waals surface area contributed by atoms with Crippen molar-refractivity contribution < 1.29 is 4.79 Å². The molecular formula is C17H17N5OS. The lowest BCUT2D eigenvalue weighted by Gasteiger charge is -2.15. The number of rotatable bonds is 5. The van der Waals surface area contributed by atoms with Gasteiger partial charge in [-0.2, -0.15) is 5.10 Å². The summed E-state index contributed by atoms with van der Waals surface area (Å²) in [5, 5.41) is 10.3. The van der Waals surface area contributed by atoms with Crippen LogP contribution in [0.2, 0.25) is 0 Å². The quantitative estimate of drug-likeness (QED) is 0.776. The molecule has 1 fully saturated rings. The normalized spacial score (nSPS) is 15.2. The summed E-state index contributed by atoms with van der Waals surface area (Å²) in [4.78, 5) is 21.6. The van der Waals surface area contributed by atoms with Gasteiger partial charge in [0.05, 0.1) is 6.04 Å². The number of pyridine rings is 1. The molecule has 3 heterocycles. The van der Waals surface area contributed by atoms with Gasteiger partial charge in [-0.25, -0.2) is 14.6 Å². The number of hydrogen-bond donors (Lipinski definition) is 1. The first kappa shape index (κ1) is 15.0. The largest absolute Gasteiger partial charge is 0.341 e. The van der Waals surface area contributed by atoms with Crippen molar-refractivity contribution in [3.63, 3.8) is 0 Å². The van der Waals surface area contributed by atoms with Crippen LogP contribution in [0.5, 0.6) is 0 Å². The van der Waals surface area contributed by atoms with Crippen molar-refractivity contribution in [2.75, 3.05) is 0 Å². The molecule has 0 bridgehead atoms. The predicted octanol–water partition coefficient (Wildman–Crippen LogP) is 2.91. The van der Waals surface area contributed by atoms with Crippen molar-refractivity contribution in [3.8, 4) is 5.82 Å². The minimum atomic E-state index is -0.172. The van der Waals surface area contributed by atoms with Gasteiger partial charge in [0.25, 0.3) is 5.91 Å².